The van der Waals surface area contributed by atoms with E-state index < -0.39 is 0 Å². The lowest BCUT2D eigenvalue weighted by atomic mass is 9.79. The molecule has 200 valence electrons. The lowest BCUT2D eigenvalue weighted by Crippen LogP contribution is -2.19. The lowest BCUT2D eigenvalue weighted by molar-refractivity contribution is 0.415. The van der Waals surface area contributed by atoms with Gasteiger partial charge in [-0.1, -0.05) is 106 Å². The van der Waals surface area contributed by atoms with Crippen LogP contribution in [0, 0.1) is 0 Å². The standard InChI is InChI=1S/C38H38N2/c1-4-13-28(14-5-2)40-36-20-12-9-17-31(36)33-23-22-30(26(3)38(33)40)27-21-24-37-34(25-27)32-18-10-11-19-35(32)39(37)29-15-7-6-8-16-29/h6-12,15-26,28,30H,4-5,13-14H2,1-3H3. The van der Waals surface area contributed by atoms with Crippen molar-refractivity contribution in [2.75, 3.05) is 0 Å². The number of aromatic nitrogens is 2. The largest absolute Gasteiger partial charge is 0.341 e. The van der Waals surface area contributed by atoms with Crippen LogP contribution < -0.4 is 0 Å². The quantitative estimate of drug-likeness (QED) is 0.197. The third-order valence-electron chi connectivity index (χ3n) is 9.13. The molecule has 2 heteroatoms. The maximum absolute atomic E-state index is 2.73. The number of rotatable bonds is 7. The monoisotopic (exact) mass is 522 g/mol. The van der Waals surface area contributed by atoms with Gasteiger partial charge >= 0.3 is 0 Å². The average Bonchev–Trinajstić information content (AvgIpc) is 3.51. The summed E-state index contributed by atoms with van der Waals surface area (Å²) in [6.45, 7) is 7.11. The van der Waals surface area contributed by atoms with Crippen LogP contribution in [-0.4, -0.2) is 9.13 Å². The second-order valence-corrected chi connectivity index (χ2v) is 11.6. The van der Waals surface area contributed by atoms with Crippen LogP contribution in [0.3, 0.4) is 0 Å². The Morgan fingerprint density at radius 3 is 2.08 bits per heavy atom. The van der Waals surface area contributed by atoms with Gasteiger partial charge in [-0.3, -0.25) is 0 Å². The smallest absolute Gasteiger partial charge is 0.0541 e. The fraction of sp³-hybridized carbons (Fsp3) is 0.263. The molecule has 0 bridgehead atoms. The van der Waals surface area contributed by atoms with Crippen molar-refractivity contribution in [1.82, 2.24) is 9.13 Å². The maximum atomic E-state index is 2.73. The molecule has 2 aromatic heterocycles. The Kier molecular flexibility index (Phi) is 6.35. The van der Waals surface area contributed by atoms with E-state index in [0.29, 0.717) is 17.9 Å². The summed E-state index contributed by atoms with van der Waals surface area (Å²) < 4.78 is 5.14. The van der Waals surface area contributed by atoms with Gasteiger partial charge in [-0.05, 0) is 54.8 Å². The molecule has 1 aliphatic carbocycles. The van der Waals surface area contributed by atoms with E-state index in [2.05, 4.69) is 139 Å². The van der Waals surface area contributed by atoms with Gasteiger partial charge in [0.25, 0.3) is 0 Å². The third kappa shape index (κ3) is 3.84. The zero-order valence-corrected chi connectivity index (χ0v) is 23.8. The average molecular weight is 523 g/mol. The van der Waals surface area contributed by atoms with E-state index in [1.807, 2.05) is 0 Å². The van der Waals surface area contributed by atoms with Gasteiger partial charge in [-0.2, -0.15) is 0 Å². The number of fused-ring (bicyclic) bond motifs is 6. The molecular weight excluding hydrogens is 484 g/mol. The molecule has 1 aliphatic rings. The van der Waals surface area contributed by atoms with Crippen LogP contribution >= 0.6 is 0 Å². The molecule has 0 aliphatic heterocycles. The maximum Gasteiger partial charge on any atom is 0.0541 e. The molecule has 7 rings (SSSR count). The second kappa shape index (κ2) is 10.2. The van der Waals surface area contributed by atoms with Crippen LogP contribution in [0.15, 0.2) is 103 Å². The van der Waals surface area contributed by atoms with Crippen LogP contribution in [0.4, 0.5) is 0 Å². The predicted octanol–water partition coefficient (Wildman–Crippen LogP) is 10.8. The summed E-state index contributed by atoms with van der Waals surface area (Å²) in [5.74, 6) is 0.728. The van der Waals surface area contributed by atoms with Crippen molar-refractivity contribution in [2.24, 2.45) is 0 Å². The summed E-state index contributed by atoms with van der Waals surface area (Å²) in [7, 11) is 0. The SMILES string of the molecule is CCCC(CCC)n1c2c(c3ccccc31)C=CC(c1ccc3c(c1)c1ccccc1n3-c1ccccc1)C2C. The van der Waals surface area contributed by atoms with Crippen molar-refractivity contribution in [3.63, 3.8) is 0 Å². The highest BCUT2D eigenvalue weighted by Gasteiger charge is 2.31. The summed E-state index contributed by atoms with van der Waals surface area (Å²) in [4.78, 5) is 0. The molecule has 0 saturated carbocycles. The molecule has 0 amide bonds. The van der Waals surface area contributed by atoms with Crippen molar-refractivity contribution in [3.8, 4) is 5.69 Å². The van der Waals surface area contributed by atoms with Crippen molar-refractivity contribution >= 4 is 38.8 Å². The highest BCUT2D eigenvalue weighted by Crippen LogP contribution is 2.47. The molecule has 0 spiro atoms. The molecular formula is C38H38N2. The fourth-order valence-corrected chi connectivity index (χ4v) is 7.40. The Labute approximate surface area is 237 Å². The van der Waals surface area contributed by atoms with Crippen LogP contribution in [0.5, 0.6) is 0 Å². The van der Waals surface area contributed by atoms with E-state index in [-0.39, 0.29) is 0 Å². The van der Waals surface area contributed by atoms with Gasteiger partial charge in [0.15, 0.2) is 0 Å². The second-order valence-electron chi connectivity index (χ2n) is 11.6. The van der Waals surface area contributed by atoms with Gasteiger partial charge in [0, 0.05) is 56.5 Å². The van der Waals surface area contributed by atoms with Crippen LogP contribution in [0.1, 0.15) is 81.2 Å². The minimum atomic E-state index is 0.336. The summed E-state index contributed by atoms with van der Waals surface area (Å²) in [6.07, 6.45) is 9.76. The molecule has 6 aromatic rings. The van der Waals surface area contributed by atoms with Crippen molar-refractivity contribution in [1.29, 1.82) is 0 Å². The topological polar surface area (TPSA) is 9.86 Å². The van der Waals surface area contributed by atoms with E-state index in [1.54, 1.807) is 0 Å². The zero-order chi connectivity index (χ0) is 27.2. The molecule has 2 atom stereocenters. The first kappa shape index (κ1) is 25.0. The van der Waals surface area contributed by atoms with E-state index >= 15 is 0 Å². The van der Waals surface area contributed by atoms with Crippen LogP contribution in [0.2, 0.25) is 0 Å². The molecule has 0 N–H and O–H groups in total. The molecule has 40 heavy (non-hydrogen) atoms. The first-order chi connectivity index (χ1) is 19.7. The third-order valence-corrected chi connectivity index (χ3v) is 9.13. The highest BCUT2D eigenvalue weighted by molar-refractivity contribution is 6.09. The van der Waals surface area contributed by atoms with Crippen molar-refractivity contribution in [2.45, 2.75) is 64.3 Å². The number of hydrogen-bond acceptors (Lipinski definition) is 0. The predicted molar refractivity (Wildman–Crippen MR) is 172 cm³/mol. The Hall–Kier alpha value is -4.04. The number of nitrogens with zero attached hydrogens (tertiary/aromatic N) is 2. The Bertz CT molecular complexity index is 1840. The van der Waals surface area contributed by atoms with E-state index in [1.165, 1.54) is 80.9 Å². The number of benzene rings is 4. The molecule has 4 aromatic carbocycles. The summed E-state index contributed by atoms with van der Waals surface area (Å²) in [5.41, 5.74) is 9.49. The van der Waals surface area contributed by atoms with Crippen molar-refractivity contribution < 1.29 is 0 Å². The lowest BCUT2D eigenvalue weighted by Gasteiger charge is -2.31. The summed E-state index contributed by atoms with van der Waals surface area (Å²) in [6, 6.07) is 36.4. The highest BCUT2D eigenvalue weighted by atomic mass is 15.0. The Balaban J connectivity index is 1.39. The van der Waals surface area contributed by atoms with Gasteiger partial charge < -0.3 is 9.13 Å². The summed E-state index contributed by atoms with van der Waals surface area (Å²) in [5, 5.41) is 4.05. The van der Waals surface area contributed by atoms with Crippen LogP contribution in [-0.2, 0) is 0 Å². The van der Waals surface area contributed by atoms with Gasteiger partial charge in [0.05, 0.1) is 11.0 Å². The van der Waals surface area contributed by atoms with Crippen LogP contribution in [0.25, 0.3) is 44.5 Å². The van der Waals surface area contributed by atoms with Gasteiger partial charge in [0.1, 0.15) is 0 Å². The molecule has 0 saturated heterocycles. The summed E-state index contributed by atoms with van der Waals surface area (Å²) >= 11 is 0. The molecule has 2 unspecified atom stereocenters. The van der Waals surface area contributed by atoms with E-state index in [4.69, 9.17) is 0 Å². The first-order valence-electron chi connectivity index (χ1n) is 15.1. The Morgan fingerprint density at radius 1 is 0.675 bits per heavy atom. The molecule has 0 radical (unpaired) electrons. The van der Waals surface area contributed by atoms with Gasteiger partial charge in [-0.25, -0.2) is 0 Å². The van der Waals surface area contributed by atoms with E-state index in [0.717, 1.165) is 0 Å². The van der Waals surface area contributed by atoms with Gasteiger partial charge in [-0.15, -0.1) is 0 Å². The fourth-order valence-electron chi connectivity index (χ4n) is 7.40. The van der Waals surface area contributed by atoms with Crippen molar-refractivity contribution in [3.05, 3.63) is 120 Å². The Morgan fingerprint density at radius 2 is 1.32 bits per heavy atom. The first-order valence-corrected chi connectivity index (χ1v) is 15.1. The van der Waals surface area contributed by atoms with E-state index in [9.17, 15) is 0 Å². The number of hydrogen-bond donors (Lipinski definition) is 0. The molecule has 2 heterocycles. The number of para-hydroxylation sites is 3. The minimum absolute atomic E-state index is 0.336. The normalized spacial score (nSPS) is 16.9. The molecule has 2 nitrogen and oxygen atoms in total. The number of allylic oxidation sites excluding steroid dienone is 1. The van der Waals surface area contributed by atoms with Gasteiger partial charge in [0.2, 0.25) is 0 Å². The zero-order valence-electron chi connectivity index (χ0n) is 23.8. The minimum Gasteiger partial charge on any atom is -0.341 e. The molecule has 0 fully saturated rings.